The molecular weight excluding hydrogens is 212 g/mol. The first kappa shape index (κ1) is 12.9. The van der Waals surface area contributed by atoms with E-state index in [0.29, 0.717) is 12.0 Å². The number of nitrogens with zero attached hydrogens (tertiary/aromatic N) is 1. The quantitative estimate of drug-likeness (QED) is 0.594. The van der Waals surface area contributed by atoms with Crippen LogP contribution in [0.25, 0.3) is 0 Å². The standard InChI is InChI=1S/C14H26N2O/c1-14(2)10-12(8-9-17-14)16-13(15)11-6-4-3-5-7-11/h11-12H,3-10H2,1-2H3,(H2,15,16). The summed E-state index contributed by atoms with van der Waals surface area (Å²) in [5.41, 5.74) is 6.15. The maximum absolute atomic E-state index is 6.18. The van der Waals surface area contributed by atoms with E-state index in [4.69, 9.17) is 15.5 Å². The van der Waals surface area contributed by atoms with Gasteiger partial charge in [-0.2, -0.15) is 0 Å². The molecule has 17 heavy (non-hydrogen) atoms. The van der Waals surface area contributed by atoms with Gasteiger partial charge in [0.25, 0.3) is 0 Å². The minimum absolute atomic E-state index is 0.0285. The SMILES string of the molecule is CC1(C)CC(N=C(N)C2CCCCC2)CCO1. The molecule has 2 rings (SSSR count). The van der Waals surface area contributed by atoms with Gasteiger partial charge in [0.15, 0.2) is 0 Å². The Morgan fingerprint density at radius 3 is 2.53 bits per heavy atom. The van der Waals surface area contributed by atoms with Crippen molar-refractivity contribution in [3.63, 3.8) is 0 Å². The van der Waals surface area contributed by atoms with E-state index in [1.807, 2.05) is 0 Å². The lowest BCUT2D eigenvalue weighted by Gasteiger charge is -2.34. The van der Waals surface area contributed by atoms with Crippen molar-refractivity contribution in [2.45, 2.75) is 70.4 Å². The molecular formula is C14H26N2O. The van der Waals surface area contributed by atoms with Gasteiger partial charge in [-0.05, 0) is 39.5 Å². The van der Waals surface area contributed by atoms with E-state index >= 15 is 0 Å². The van der Waals surface area contributed by atoms with E-state index in [-0.39, 0.29) is 5.60 Å². The third-order valence-electron chi connectivity index (χ3n) is 4.03. The summed E-state index contributed by atoms with van der Waals surface area (Å²) in [6.07, 6.45) is 8.51. The first-order valence-electron chi connectivity index (χ1n) is 7.04. The van der Waals surface area contributed by atoms with Crippen LogP contribution >= 0.6 is 0 Å². The summed E-state index contributed by atoms with van der Waals surface area (Å²) in [4.78, 5) is 4.77. The van der Waals surface area contributed by atoms with Crippen molar-refractivity contribution in [3.05, 3.63) is 0 Å². The highest BCUT2D eigenvalue weighted by Crippen LogP contribution is 2.28. The second-order valence-electron chi connectivity index (χ2n) is 6.14. The molecule has 2 fully saturated rings. The molecule has 0 aromatic rings. The number of hydrogen-bond donors (Lipinski definition) is 1. The molecule has 1 saturated heterocycles. The topological polar surface area (TPSA) is 47.6 Å². The predicted molar refractivity (Wildman–Crippen MR) is 71.3 cm³/mol. The zero-order valence-electron chi connectivity index (χ0n) is 11.2. The van der Waals surface area contributed by atoms with Crippen molar-refractivity contribution in [1.29, 1.82) is 0 Å². The van der Waals surface area contributed by atoms with Crippen LogP contribution < -0.4 is 5.73 Å². The van der Waals surface area contributed by atoms with Gasteiger partial charge in [-0.3, -0.25) is 4.99 Å². The number of ether oxygens (including phenoxy) is 1. The highest BCUT2D eigenvalue weighted by atomic mass is 16.5. The molecule has 0 bridgehead atoms. The van der Waals surface area contributed by atoms with E-state index < -0.39 is 0 Å². The van der Waals surface area contributed by atoms with Crippen molar-refractivity contribution in [2.75, 3.05) is 6.61 Å². The normalized spacial score (nSPS) is 31.4. The average molecular weight is 238 g/mol. The smallest absolute Gasteiger partial charge is 0.0971 e. The van der Waals surface area contributed by atoms with Gasteiger partial charge >= 0.3 is 0 Å². The Morgan fingerprint density at radius 1 is 1.18 bits per heavy atom. The van der Waals surface area contributed by atoms with Crippen LogP contribution in [0.15, 0.2) is 4.99 Å². The maximum Gasteiger partial charge on any atom is 0.0971 e. The summed E-state index contributed by atoms with van der Waals surface area (Å²) in [6, 6.07) is 0.376. The second-order valence-corrected chi connectivity index (χ2v) is 6.14. The lowest BCUT2D eigenvalue weighted by Crippen LogP contribution is -2.37. The Balaban J connectivity index is 1.93. The molecule has 3 heteroatoms. The molecule has 2 aliphatic rings. The summed E-state index contributed by atoms with van der Waals surface area (Å²) in [5.74, 6) is 1.46. The Bertz CT molecular complexity index is 280. The first-order chi connectivity index (χ1) is 8.07. The van der Waals surface area contributed by atoms with Gasteiger partial charge in [-0.15, -0.1) is 0 Å². The number of nitrogens with two attached hydrogens (primary N) is 1. The molecule has 1 aliphatic carbocycles. The van der Waals surface area contributed by atoms with Gasteiger partial charge in [-0.1, -0.05) is 19.3 Å². The van der Waals surface area contributed by atoms with Crippen LogP contribution in [0, 0.1) is 5.92 Å². The fourth-order valence-electron chi connectivity index (χ4n) is 3.02. The Kier molecular flexibility index (Phi) is 4.08. The Morgan fingerprint density at radius 2 is 1.88 bits per heavy atom. The summed E-state index contributed by atoms with van der Waals surface area (Å²) in [5, 5.41) is 0. The van der Waals surface area contributed by atoms with E-state index in [1.54, 1.807) is 0 Å². The van der Waals surface area contributed by atoms with Gasteiger partial charge in [0, 0.05) is 12.5 Å². The molecule has 3 nitrogen and oxygen atoms in total. The van der Waals surface area contributed by atoms with Crippen molar-refractivity contribution >= 4 is 5.84 Å². The van der Waals surface area contributed by atoms with Crippen LogP contribution in [-0.2, 0) is 4.74 Å². The molecule has 1 atom stereocenters. The number of rotatable bonds is 2. The fourth-order valence-corrected chi connectivity index (χ4v) is 3.02. The number of aliphatic imine (C=N–C) groups is 1. The third kappa shape index (κ3) is 3.70. The summed E-state index contributed by atoms with van der Waals surface area (Å²) < 4.78 is 5.71. The second kappa shape index (κ2) is 5.38. The monoisotopic (exact) mass is 238 g/mol. The average Bonchev–Trinajstić information content (AvgIpc) is 2.29. The van der Waals surface area contributed by atoms with Gasteiger partial charge in [0.2, 0.25) is 0 Å². The minimum Gasteiger partial charge on any atom is -0.387 e. The summed E-state index contributed by atoms with van der Waals surface area (Å²) in [7, 11) is 0. The van der Waals surface area contributed by atoms with E-state index in [9.17, 15) is 0 Å². The van der Waals surface area contributed by atoms with Gasteiger partial charge in [0.05, 0.1) is 17.5 Å². The molecule has 0 spiro atoms. The summed E-state index contributed by atoms with van der Waals surface area (Å²) in [6.45, 7) is 5.11. The largest absolute Gasteiger partial charge is 0.387 e. The predicted octanol–water partition coefficient (Wildman–Crippen LogP) is 2.88. The van der Waals surface area contributed by atoms with Gasteiger partial charge < -0.3 is 10.5 Å². The molecule has 2 N–H and O–H groups in total. The van der Waals surface area contributed by atoms with E-state index in [0.717, 1.165) is 25.3 Å². The van der Waals surface area contributed by atoms with Crippen molar-refractivity contribution in [2.24, 2.45) is 16.6 Å². The van der Waals surface area contributed by atoms with Crippen LogP contribution in [0.3, 0.4) is 0 Å². The maximum atomic E-state index is 6.18. The Hall–Kier alpha value is -0.570. The fraction of sp³-hybridized carbons (Fsp3) is 0.929. The highest BCUT2D eigenvalue weighted by molar-refractivity contribution is 5.83. The molecule has 0 aromatic carbocycles. The number of amidine groups is 1. The van der Waals surface area contributed by atoms with Crippen LogP contribution in [0.4, 0.5) is 0 Å². The highest BCUT2D eigenvalue weighted by Gasteiger charge is 2.29. The van der Waals surface area contributed by atoms with Crippen LogP contribution in [0.5, 0.6) is 0 Å². The zero-order chi connectivity index (χ0) is 12.3. The molecule has 98 valence electrons. The molecule has 1 saturated carbocycles. The molecule has 0 amide bonds. The third-order valence-corrected chi connectivity index (χ3v) is 4.03. The van der Waals surface area contributed by atoms with Crippen molar-refractivity contribution < 1.29 is 4.74 Å². The zero-order valence-corrected chi connectivity index (χ0v) is 11.2. The molecule has 0 aromatic heterocycles. The lowest BCUT2D eigenvalue weighted by molar-refractivity contribution is -0.0576. The van der Waals surface area contributed by atoms with E-state index in [2.05, 4.69) is 13.8 Å². The molecule has 1 unspecified atom stereocenters. The first-order valence-corrected chi connectivity index (χ1v) is 7.04. The van der Waals surface area contributed by atoms with E-state index in [1.165, 1.54) is 32.1 Å². The Labute approximate surface area is 105 Å². The minimum atomic E-state index is -0.0285. The molecule has 1 aliphatic heterocycles. The summed E-state index contributed by atoms with van der Waals surface area (Å²) >= 11 is 0. The van der Waals surface area contributed by atoms with Gasteiger partial charge in [-0.25, -0.2) is 0 Å². The molecule has 0 radical (unpaired) electrons. The van der Waals surface area contributed by atoms with Crippen LogP contribution in [-0.4, -0.2) is 24.1 Å². The number of hydrogen-bond acceptors (Lipinski definition) is 2. The van der Waals surface area contributed by atoms with Crippen LogP contribution in [0.2, 0.25) is 0 Å². The van der Waals surface area contributed by atoms with Gasteiger partial charge in [0.1, 0.15) is 0 Å². The van der Waals surface area contributed by atoms with Crippen molar-refractivity contribution in [3.8, 4) is 0 Å². The van der Waals surface area contributed by atoms with Crippen LogP contribution in [0.1, 0.15) is 58.8 Å². The lowest BCUT2D eigenvalue weighted by atomic mass is 9.88. The van der Waals surface area contributed by atoms with Crippen molar-refractivity contribution in [1.82, 2.24) is 0 Å². The molecule has 1 heterocycles.